The first kappa shape index (κ1) is 15.9. The Morgan fingerprint density at radius 3 is 2.90 bits per heavy atom. The molecular formula is C14H24N2O2S2. The number of rotatable bonds is 5. The van der Waals surface area contributed by atoms with E-state index in [1.807, 2.05) is 19.4 Å². The summed E-state index contributed by atoms with van der Waals surface area (Å²) in [6.07, 6.45) is 3.18. The fraction of sp³-hybridized carbons (Fsp3) is 0.714. The quantitative estimate of drug-likeness (QED) is 0.908. The van der Waals surface area contributed by atoms with E-state index in [-0.39, 0.29) is 0 Å². The van der Waals surface area contributed by atoms with E-state index in [9.17, 15) is 8.42 Å². The van der Waals surface area contributed by atoms with Gasteiger partial charge in [-0.15, -0.1) is 11.3 Å². The van der Waals surface area contributed by atoms with Crippen molar-refractivity contribution < 1.29 is 8.42 Å². The number of nitrogens with zero attached hydrogens (tertiary/aromatic N) is 1. The van der Waals surface area contributed by atoms with Gasteiger partial charge in [0.2, 0.25) is 10.0 Å². The zero-order valence-electron chi connectivity index (χ0n) is 12.5. The molecule has 1 atom stereocenters. The summed E-state index contributed by atoms with van der Waals surface area (Å²) in [5, 5.41) is 5.01. The number of hydrogen-bond acceptors (Lipinski definition) is 4. The van der Waals surface area contributed by atoms with E-state index in [1.165, 1.54) is 11.3 Å². The van der Waals surface area contributed by atoms with E-state index in [0.29, 0.717) is 30.4 Å². The van der Waals surface area contributed by atoms with E-state index in [4.69, 9.17) is 0 Å². The summed E-state index contributed by atoms with van der Waals surface area (Å²) in [6, 6.07) is 0. The molecule has 1 fully saturated rings. The Morgan fingerprint density at radius 2 is 2.25 bits per heavy atom. The lowest BCUT2D eigenvalue weighted by Crippen LogP contribution is -2.40. The van der Waals surface area contributed by atoms with E-state index in [0.717, 1.165) is 29.7 Å². The van der Waals surface area contributed by atoms with Crippen LogP contribution in [0.15, 0.2) is 10.3 Å². The largest absolute Gasteiger partial charge is 0.315 e. The predicted octanol–water partition coefficient (Wildman–Crippen LogP) is 2.59. The molecule has 1 aromatic rings. The number of hydrogen-bond donors (Lipinski definition) is 1. The van der Waals surface area contributed by atoms with Crippen molar-refractivity contribution in [1.82, 2.24) is 9.62 Å². The van der Waals surface area contributed by atoms with Crippen LogP contribution in [0.3, 0.4) is 0 Å². The molecule has 1 unspecified atom stereocenters. The van der Waals surface area contributed by atoms with Crippen LogP contribution < -0.4 is 5.32 Å². The van der Waals surface area contributed by atoms with Gasteiger partial charge < -0.3 is 5.32 Å². The number of thiophene rings is 1. The maximum Gasteiger partial charge on any atom is 0.244 e. The Labute approximate surface area is 126 Å². The molecule has 20 heavy (non-hydrogen) atoms. The standard InChI is InChI=1S/C14H24N2O2S2/c1-4-12-6-5-7-16(9-12)20(17,18)14-11(2)10-19-13(14)8-15-3/h10,12,15H,4-9H2,1-3H3. The Hall–Kier alpha value is -0.430. The Kier molecular flexibility index (Phi) is 5.23. The summed E-state index contributed by atoms with van der Waals surface area (Å²) in [6.45, 7) is 5.98. The van der Waals surface area contributed by atoms with Crippen molar-refractivity contribution in [1.29, 1.82) is 0 Å². The fourth-order valence-corrected chi connectivity index (χ4v) is 6.15. The molecule has 0 spiro atoms. The van der Waals surface area contributed by atoms with E-state index in [1.54, 1.807) is 4.31 Å². The molecule has 0 saturated carbocycles. The zero-order chi connectivity index (χ0) is 14.8. The number of sulfonamides is 1. The maximum absolute atomic E-state index is 12.9. The summed E-state index contributed by atoms with van der Waals surface area (Å²) >= 11 is 1.53. The average molecular weight is 316 g/mol. The Bertz CT molecular complexity index is 552. The minimum Gasteiger partial charge on any atom is -0.315 e. The summed E-state index contributed by atoms with van der Waals surface area (Å²) in [5.74, 6) is 0.505. The van der Waals surface area contributed by atoms with Crippen molar-refractivity contribution in [3.63, 3.8) is 0 Å². The van der Waals surface area contributed by atoms with Gasteiger partial charge in [-0.25, -0.2) is 8.42 Å². The maximum atomic E-state index is 12.9. The second-order valence-electron chi connectivity index (χ2n) is 5.48. The van der Waals surface area contributed by atoms with Gasteiger partial charge in [-0.05, 0) is 43.7 Å². The highest BCUT2D eigenvalue weighted by atomic mass is 32.2. The normalized spacial score (nSPS) is 21.2. The molecule has 0 aliphatic carbocycles. The van der Waals surface area contributed by atoms with Crippen molar-refractivity contribution in [2.24, 2.45) is 5.92 Å². The summed E-state index contributed by atoms with van der Waals surface area (Å²) in [5.41, 5.74) is 0.874. The fourth-order valence-electron chi connectivity index (χ4n) is 2.82. The van der Waals surface area contributed by atoms with Gasteiger partial charge in [-0.3, -0.25) is 0 Å². The molecule has 0 radical (unpaired) electrons. The molecule has 1 aromatic heterocycles. The van der Waals surface area contributed by atoms with Gasteiger partial charge in [0.15, 0.2) is 0 Å². The smallest absolute Gasteiger partial charge is 0.244 e. The van der Waals surface area contributed by atoms with E-state index in [2.05, 4.69) is 12.2 Å². The number of nitrogens with one attached hydrogen (secondary N) is 1. The van der Waals surface area contributed by atoms with Crippen LogP contribution in [0, 0.1) is 12.8 Å². The Balaban J connectivity index is 2.32. The van der Waals surface area contributed by atoms with Crippen LogP contribution in [0.25, 0.3) is 0 Å². The minimum atomic E-state index is -3.34. The molecule has 6 heteroatoms. The molecule has 0 amide bonds. The molecule has 114 valence electrons. The molecule has 1 aliphatic heterocycles. The highest BCUT2D eigenvalue weighted by Crippen LogP contribution is 2.32. The first-order valence-electron chi connectivity index (χ1n) is 7.22. The van der Waals surface area contributed by atoms with Crippen molar-refractivity contribution in [3.8, 4) is 0 Å². The lowest BCUT2D eigenvalue weighted by molar-refractivity contribution is 0.261. The van der Waals surface area contributed by atoms with Crippen molar-refractivity contribution in [2.75, 3.05) is 20.1 Å². The van der Waals surface area contributed by atoms with Crippen LogP contribution in [0.1, 0.15) is 36.6 Å². The van der Waals surface area contributed by atoms with E-state index >= 15 is 0 Å². The van der Waals surface area contributed by atoms with Gasteiger partial charge in [0.25, 0.3) is 0 Å². The van der Waals surface area contributed by atoms with Crippen LogP contribution in [0.4, 0.5) is 0 Å². The van der Waals surface area contributed by atoms with Gasteiger partial charge in [-0.1, -0.05) is 13.3 Å². The predicted molar refractivity (Wildman–Crippen MR) is 83.6 cm³/mol. The van der Waals surface area contributed by atoms with Crippen molar-refractivity contribution in [2.45, 2.75) is 44.6 Å². The number of piperidine rings is 1. The minimum absolute atomic E-state index is 0.505. The molecule has 1 aliphatic rings. The Morgan fingerprint density at radius 1 is 1.50 bits per heavy atom. The second-order valence-corrected chi connectivity index (χ2v) is 8.32. The molecule has 0 bridgehead atoms. The van der Waals surface area contributed by atoms with Crippen LogP contribution in [0.5, 0.6) is 0 Å². The van der Waals surface area contributed by atoms with Gasteiger partial charge >= 0.3 is 0 Å². The molecule has 2 rings (SSSR count). The van der Waals surface area contributed by atoms with Crippen LogP contribution in [-0.4, -0.2) is 32.9 Å². The first-order valence-corrected chi connectivity index (χ1v) is 9.54. The lowest BCUT2D eigenvalue weighted by Gasteiger charge is -2.31. The lowest BCUT2D eigenvalue weighted by atomic mass is 9.97. The van der Waals surface area contributed by atoms with Crippen LogP contribution in [0.2, 0.25) is 0 Å². The second kappa shape index (κ2) is 6.56. The SMILES string of the molecule is CCC1CCCN(S(=O)(=O)c2c(C)csc2CNC)C1. The highest BCUT2D eigenvalue weighted by molar-refractivity contribution is 7.89. The van der Waals surface area contributed by atoms with Gasteiger partial charge in [0.1, 0.15) is 4.90 Å². The molecule has 2 heterocycles. The molecule has 4 nitrogen and oxygen atoms in total. The van der Waals surface area contributed by atoms with Crippen molar-refractivity contribution in [3.05, 3.63) is 15.8 Å². The van der Waals surface area contributed by atoms with Crippen LogP contribution >= 0.6 is 11.3 Å². The molecule has 1 N–H and O–H groups in total. The summed E-state index contributed by atoms with van der Waals surface area (Å²) in [7, 11) is -1.49. The topological polar surface area (TPSA) is 49.4 Å². The molecule has 1 saturated heterocycles. The van der Waals surface area contributed by atoms with Crippen molar-refractivity contribution >= 4 is 21.4 Å². The third-order valence-corrected chi connectivity index (χ3v) is 7.31. The zero-order valence-corrected chi connectivity index (χ0v) is 14.1. The van der Waals surface area contributed by atoms with Crippen LogP contribution in [-0.2, 0) is 16.6 Å². The molecular weight excluding hydrogens is 292 g/mol. The monoisotopic (exact) mass is 316 g/mol. The third kappa shape index (κ3) is 3.08. The molecule has 0 aromatic carbocycles. The summed E-state index contributed by atoms with van der Waals surface area (Å²) in [4.78, 5) is 1.46. The van der Waals surface area contributed by atoms with Gasteiger partial charge in [0, 0.05) is 24.5 Å². The van der Waals surface area contributed by atoms with Gasteiger partial charge in [-0.2, -0.15) is 4.31 Å². The number of aryl methyl sites for hydroxylation is 1. The third-order valence-electron chi connectivity index (χ3n) is 3.98. The highest BCUT2D eigenvalue weighted by Gasteiger charge is 2.32. The van der Waals surface area contributed by atoms with Gasteiger partial charge in [0.05, 0.1) is 0 Å². The van der Waals surface area contributed by atoms with E-state index < -0.39 is 10.0 Å². The average Bonchev–Trinajstić information content (AvgIpc) is 2.81. The first-order chi connectivity index (χ1) is 9.50. The summed E-state index contributed by atoms with van der Waals surface area (Å²) < 4.78 is 27.6.